The van der Waals surface area contributed by atoms with Gasteiger partial charge in [0, 0.05) is 12.1 Å². The van der Waals surface area contributed by atoms with Crippen molar-refractivity contribution in [2.24, 2.45) is 11.7 Å². The molecule has 8 nitrogen and oxygen atoms in total. The lowest BCUT2D eigenvalue weighted by Gasteiger charge is -2.33. The minimum absolute atomic E-state index is 0.107. The van der Waals surface area contributed by atoms with Crippen molar-refractivity contribution in [3.63, 3.8) is 0 Å². The minimum Gasteiger partial charge on any atom is -0.351 e. The minimum atomic E-state index is -4.35. The molecule has 1 fully saturated rings. The van der Waals surface area contributed by atoms with Crippen molar-refractivity contribution in [1.29, 1.82) is 0 Å². The van der Waals surface area contributed by atoms with E-state index in [2.05, 4.69) is 39.7 Å². The Hall–Kier alpha value is -2.11. The number of nitrogens with two attached hydrogens (primary N) is 1. The average molecular weight is 514 g/mol. The van der Waals surface area contributed by atoms with Gasteiger partial charge in [0.1, 0.15) is 10.4 Å². The number of aromatic nitrogens is 2. The number of pyridine rings is 2. The number of carbonyl (C=O) groups is 1. The summed E-state index contributed by atoms with van der Waals surface area (Å²) in [5, 5.41) is -0.573. The van der Waals surface area contributed by atoms with E-state index in [0.717, 1.165) is 31.4 Å². The van der Waals surface area contributed by atoms with Crippen LogP contribution in [-0.4, -0.2) is 42.9 Å². The molecule has 3 rings (SSSR count). The first-order valence-electron chi connectivity index (χ1n) is 9.87. The summed E-state index contributed by atoms with van der Waals surface area (Å²) >= 11 is 3.34. The first-order chi connectivity index (χ1) is 14.5. The van der Waals surface area contributed by atoms with Gasteiger partial charge in [-0.05, 0) is 85.8 Å². The third-order valence-electron chi connectivity index (χ3n) is 5.31. The van der Waals surface area contributed by atoms with Crippen molar-refractivity contribution >= 4 is 37.7 Å². The monoisotopic (exact) mass is 513 g/mol. The highest BCUT2D eigenvalue weighted by molar-refractivity contribution is 9.10. The molecule has 0 unspecified atom stereocenters. The lowest BCUT2D eigenvalue weighted by Crippen LogP contribution is -2.41. The zero-order chi connectivity index (χ0) is 22.8. The highest BCUT2D eigenvalue weighted by Crippen LogP contribution is 2.39. The number of anilines is 1. The Balaban J connectivity index is 1.92. The van der Waals surface area contributed by atoms with Crippen LogP contribution < -0.4 is 15.4 Å². The molecule has 1 aliphatic rings. The normalized spacial score (nSPS) is 18.2. The van der Waals surface area contributed by atoms with Gasteiger partial charge in [0.15, 0.2) is 5.03 Å². The SMILES string of the molecule is CC1(C)C[C@H](CCCN)CN1c1nc(Br)ccc1C(=O)NS(=O)(=O)c1cccc(F)n1. The molecule has 2 aromatic heterocycles. The van der Waals surface area contributed by atoms with E-state index in [1.54, 1.807) is 6.07 Å². The Morgan fingerprint density at radius 3 is 2.74 bits per heavy atom. The van der Waals surface area contributed by atoms with Gasteiger partial charge in [-0.15, -0.1) is 0 Å². The van der Waals surface area contributed by atoms with Gasteiger partial charge in [-0.3, -0.25) is 4.79 Å². The summed E-state index contributed by atoms with van der Waals surface area (Å²) in [5.74, 6) is -1.05. The molecular weight excluding hydrogens is 489 g/mol. The summed E-state index contributed by atoms with van der Waals surface area (Å²) in [4.78, 5) is 22.8. The van der Waals surface area contributed by atoms with Crippen LogP contribution in [0.15, 0.2) is 40.0 Å². The summed E-state index contributed by atoms with van der Waals surface area (Å²) in [6.07, 6.45) is 2.77. The summed E-state index contributed by atoms with van der Waals surface area (Å²) < 4.78 is 41.0. The van der Waals surface area contributed by atoms with E-state index in [1.165, 1.54) is 12.1 Å². The number of rotatable bonds is 7. The topological polar surface area (TPSA) is 118 Å². The average Bonchev–Trinajstić information content (AvgIpc) is 3.00. The number of halogens is 2. The van der Waals surface area contributed by atoms with Crippen LogP contribution in [0.5, 0.6) is 0 Å². The first-order valence-corrected chi connectivity index (χ1v) is 12.1. The zero-order valence-corrected chi connectivity index (χ0v) is 19.7. The van der Waals surface area contributed by atoms with E-state index in [-0.39, 0.29) is 11.1 Å². The molecular formula is C20H25BrFN5O3S. The largest absolute Gasteiger partial charge is 0.351 e. The maximum absolute atomic E-state index is 13.4. The van der Waals surface area contributed by atoms with Crippen LogP contribution in [0.25, 0.3) is 0 Å². The first kappa shape index (κ1) is 23.6. The van der Waals surface area contributed by atoms with Gasteiger partial charge in [0.05, 0.1) is 5.56 Å². The Kier molecular flexibility index (Phi) is 6.97. The lowest BCUT2D eigenvalue weighted by atomic mass is 9.93. The van der Waals surface area contributed by atoms with Crippen molar-refractivity contribution in [2.45, 2.75) is 43.7 Å². The van der Waals surface area contributed by atoms with Crippen LogP contribution in [0.2, 0.25) is 0 Å². The smallest absolute Gasteiger partial charge is 0.281 e. The molecule has 31 heavy (non-hydrogen) atoms. The molecule has 168 valence electrons. The van der Waals surface area contributed by atoms with Crippen molar-refractivity contribution in [2.75, 3.05) is 18.0 Å². The van der Waals surface area contributed by atoms with Crippen LogP contribution in [0.1, 0.15) is 43.5 Å². The standard InChI is InChI=1S/C20H25BrFN5O3S/c1-20(2)11-13(5-4-10-23)12-27(20)18-14(8-9-15(21)24-18)19(28)26-31(29,30)17-7-3-6-16(22)25-17/h3,6-9,13H,4-5,10-12,23H2,1-2H3,(H,26,28)/t13-/m0/s1. The Labute approximate surface area is 189 Å². The van der Waals surface area contributed by atoms with E-state index >= 15 is 0 Å². The predicted molar refractivity (Wildman–Crippen MR) is 119 cm³/mol. The van der Waals surface area contributed by atoms with Crippen LogP contribution in [-0.2, 0) is 10.0 Å². The lowest BCUT2D eigenvalue weighted by molar-refractivity contribution is 0.0981. The van der Waals surface area contributed by atoms with E-state index in [9.17, 15) is 17.6 Å². The Morgan fingerprint density at radius 1 is 1.32 bits per heavy atom. The molecule has 0 radical (unpaired) electrons. The predicted octanol–water partition coefficient (Wildman–Crippen LogP) is 2.84. The number of hydrogen-bond acceptors (Lipinski definition) is 7. The maximum Gasteiger partial charge on any atom is 0.281 e. The maximum atomic E-state index is 13.4. The van der Waals surface area contributed by atoms with Gasteiger partial charge in [-0.2, -0.15) is 12.8 Å². The molecule has 1 atom stereocenters. The molecule has 2 aromatic rings. The molecule has 3 heterocycles. The highest BCUT2D eigenvalue weighted by atomic mass is 79.9. The number of amides is 1. The molecule has 0 bridgehead atoms. The van der Waals surface area contributed by atoms with E-state index < -0.39 is 26.9 Å². The Bertz CT molecular complexity index is 1080. The molecule has 1 aliphatic heterocycles. The van der Waals surface area contributed by atoms with Crippen molar-refractivity contribution in [1.82, 2.24) is 14.7 Å². The number of nitrogens with one attached hydrogen (secondary N) is 1. The zero-order valence-electron chi connectivity index (χ0n) is 17.3. The van der Waals surface area contributed by atoms with Crippen molar-refractivity contribution in [3.05, 3.63) is 46.4 Å². The fourth-order valence-corrected chi connectivity index (χ4v) is 5.16. The molecule has 0 aliphatic carbocycles. The molecule has 1 amide bonds. The van der Waals surface area contributed by atoms with Gasteiger partial charge in [-0.1, -0.05) is 6.07 Å². The molecule has 0 spiro atoms. The fraction of sp³-hybridized carbons (Fsp3) is 0.450. The molecule has 11 heteroatoms. The van der Waals surface area contributed by atoms with Gasteiger partial charge in [0.25, 0.3) is 15.9 Å². The quantitative estimate of drug-likeness (QED) is 0.546. The van der Waals surface area contributed by atoms with Crippen LogP contribution in [0, 0.1) is 11.9 Å². The third-order valence-corrected chi connectivity index (χ3v) is 6.98. The second kappa shape index (κ2) is 9.17. The highest BCUT2D eigenvalue weighted by Gasteiger charge is 2.40. The van der Waals surface area contributed by atoms with E-state index in [0.29, 0.717) is 29.4 Å². The summed E-state index contributed by atoms with van der Waals surface area (Å²) in [6, 6.07) is 6.43. The fourth-order valence-electron chi connectivity index (χ4n) is 3.94. The summed E-state index contributed by atoms with van der Waals surface area (Å²) in [7, 11) is -4.35. The number of carbonyl (C=O) groups excluding carboxylic acids is 1. The summed E-state index contributed by atoms with van der Waals surface area (Å²) in [6.45, 7) is 5.42. The number of hydrogen-bond donors (Lipinski definition) is 2. The molecule has 3 N–H and O–H groups in total. The number of sulfonamides is 1. The third kappa shape index (κ3) is 5.39. The molecule has 0 saturated carbocycles. The second-order valence-corrected chi connectivity index (χ2v) is 10.6. The Morgan fingerprint density at radius 2 is 2.06 bits per heavy atom. The second-order valence-electron chi connectivity index (χ2n) is 8.16. The van der Waals surface area contributed by atoms with Gasteiger partial charge < -0.3 is 10.6 Å². The summed E-state index contributed by atoms with van der Waals surface area (Å²) in [5.41, 5.74) is 5.47. The molecule has 0 aromatic carbocycles. The van der Waals surface area contributed by atoms with Crippen LogP contribution >= 0.6 is 15.9 Å². The van der Waals surface area contributed by atoms with Crippen LogP contribution in [0.4, 0.5) is 10.2 Å². The van der Waals surface area contributed by atoms with Gasteiger partial charge in [-0.25, -0.2) is 14.7 Å². The molecule has 1 saturated heterocycles. The van der Waals surface area contributed by atoms with Crippen LogP contribution in [0.3, 0.4) is 0 Å². The van der Waals surface area contributed by atoms with E-state index in [4.69, 9.17) is 5.73 Å². The van der Waals surface area contributed by atoms with Gasteiger partial charge >= 0.3 is 0 Å². The van der Waals surface area contributed by atoms with Crippen molar-refractivity contribution < 1.29 is 17.6 Å². The van der Waals surface area contributed by atoms with Crippen molar-refractivity contribution in [3.8, 4) is 0 Å². The van der Waals surface area contributed by atoms with Gasteiger partial charge in [0.2, 0.25) is 5.95 Å². The van der Waals surface area contributed by atoms with E-state index in [1.807, 2.05) is 9.62 Å². The number of nitrogens with zero attached hydrogens (tertiary/aromatic N) is 3.